The molecule has 0 fully saturated rings. The average molecular weight is 377 g/mol. The molecule has 0 unspecified atom stereocenters. The fraction of sp³-hybridized carbons (Fsp3) is 0.273. The van der Waals surface area contributed by atoms with E-state index in [4.69, 9.17) is 0 Å². The molecule has 4 rings (SSSR count). The van der Waals surface area contributed by atoms with Crippen molar-refractivity contribution in [2.75, 3.05) is 13.2 Å². The van der Waals surface area contributed by atoms with Crippen molar-refractivity contribution in [3.8, 4) is 17.0 Å². The number of carbonyl (C=O) groups is 1. The molecule has 0 saturated carbocycles. The van der Waals surface area contributed by atoms with Crippen LogP contribution in [-0.4, -0.2) is 44.4 Å². The van der Waals surface area contributed by atoms with Crippen LogP contribution in [-0.2, 0) is 0 Å². The van der Waals surface area contributed by atoms with E-state index in [0.717, 1.165) is 11.1 Å². The molecular weight excluding hydrogens is 354 g/mol. The van der Waals surface area contributed by atoms with Crippen LogP contribution in [0.25, 0.3) is 11.3 Å². The van der Waals surface area contributed by atoms with Crippen LogP contribution in [0.5, 0.6) is 5.75 Å². The number of nitrogens with zero attached hydrogens (tertiary/aromatic N) is 2. The Bertz CT molecular complexity index is 1010. The van der Waals surface area contributed by atoms with Crippen molar-refractivity contribution in [2.24, 2.45) is 0 Å². The standard InChI is InChI=1S/C22H23N3O3/c1-13(2)14-7-9-15(10-8-14)21-18-19(16-5-3-4-6-17(16)27)23-24-20(18)22(28)25(21)11-12-26/h3-10,13,21,26-27H,11-12H2,1-2H3,(H,23,24)/t21-/m0/s1. The zero-order valence-electron chi connectivity index (χ0n) is 15.9. The summed E-state index contributed by atoms with van der Waals surface area (Å²) < 4.78 is 0. The molecule has 144 valence electrons. The minimum absolute atomic E-state index is 0.110. The number of aromatic nitrogens is 2. The average Bonchev–Trinajstić information content (AvgIpc) is 3.22. The van der Waals surface area contributed by atoms with Gasteiger partial charge in [0.1, 0.15) is 17.1 Å². The van der Waals surface area contributed by atoms with E-state index in [1.165, 1.54) is 5.56 Å². The smallest absolute Gasteiger partial charge is 0.273 e. The van der Waals surface area contributed by atoms with E-state index in [1.807, 2.05) is 18.2 Å². The number of aromatic hydroxyl groups is 1. The SMILES string of the molecule is CC(C)c1ccc([C@H]2c3c(-c4ccccc4O)n[nH]c3C(=O)N2CCO)cc1. The lowest BCUT2D eigenvalue weighted by molar-refractivity contribution is 0.0706. The number of aliphatic hydroxyl groups excluding tert-OH is 1. The van der Waals surface area contributed by atoms with Gasteiger partial charge in [0.2, 0.25) is 0 Å². The summed E-state index contributed by atoms with van der Waals surface area (Å²) in [5.41, 5.74) is 4.43. The number of β-amino-alcohol motifs (C(OH)–C–C–N with tert-alkyl or cyclic N) is 1. The van der Waals surface area contributed by atoms with Crippen LogP contribution in [0.15, 0.2) is 48.5 Å². The molecule has 1 atom stereocenters. The number of hydrogen-bond donors (Lipinski definition) is 3. The van der Waals surface area contributed by atoms with Gasteiger partial charge >= 0.3 is 0 Å². The summed E-state index contributed by atoms with van der Waals surface area (Å²) >= 11 is 0. The minimum atomic E-state index is -0.371. The first-order valence-electron chi connectivity index (χ1n) is 9.41. The maximum absolute atomic E-state index is 13.0. The first-order valence-corrected chi connectivity index (χ1v) is 9.41. The number of benzene rings is 2. The van der Waals surface area contributed by atoms with Crippen LogP contribution in [0.2, 0.25) is 0 Å². The highest BCUT2D eigenvalue weighted by molar-refractivity contribution is 6.00. The number of fused-ring (bicyclic) bond motifs is 1. The van der Waals surface area contributed by atoms with Gasteiger partial charge in [0.15, 0.2) is 0 Å². The lowest BCUT2D eigenvalue weighted by Crippen LogP contribution is -2.32. The molecule has 0 aliphatic carbocycles. The second-order valence-corrected chi connectivity index (χ2v) is 7.32. The Balaban J connectivity index is 1.87. The normalized spacial score (nSPS) is 16.1. The summed E-state index contributed by atoms with van der Waals surface area (Å²) in [5.74, 6) is 0.323. The Morgan fingerprint density at radius 2 is 1.86 bits per heavy atom. The van der Waals surface area contributed by atoms with Crippen LogP contribution in [0.1, 0.15) is 53.0 Å². The van der Waals surface area contributed by atoms with E-state index < -0.39 is 0 Å². The summed E-state index contributed by atoms with van der Waals surface area (Å²) in [6.07, 6.45) is 0. The Labute approximate surface area is 163 Å². The number of phenols is 1. The topological polar surface area (TPSA) is 89.5 Å². The van der Waals surface area contributed by atoms with Crippen LogP contribution in [0.4, 0.5) is 0 Å². The number of hydrogen-bond acceptors (Lipinski definition) is 4. The number of aliphatic hydroxyl groups is 1. The number of nitrogens with one attached hydrogen (secondary N) is 1. The van der Waals surface area contributed by atoms with Crippen molar-refractivity contribution in [1.82, 2.24) is 15.1 Å². The molecule has 1 aromatic heterocycles. The first kappa shape index (κ1) is 18.3. The van der Waals surface area contributed by atoms with Crippen molar-refractivity contribution in [3.63, 3.8) is 0 Å². The zero-order chi connectivity index (χ0) is 19.8. The largest absolute Gasteiger partial charge is 0.507 e. The van der Waals surface area contributed by atoms with Gasteiger partial charge < -0.3 is 15.1 Å². The maximum atomic E-state index is 13.0. The monoisotopic (exact) mass is 377 g/mol. The molecule has 6 nitrogen and oxygen atoms in total. The van der Waals surface area contributed by atoms with Gasteiger partial charge in [-0.15, -0.1) is 0 Å². The Morgan fingerprint density at radius 3 is 2.50 bits per heavy atom. The predicted octanol–water partition coefficient (Wildman–Crippen LogP) is 3.44. The van der Waals surface area contributed by atoms with Crippen molar-refractivity contribution in [1.29, 1.82) is 0 Å². The third-order valence-electron chi connectivity index (χ3n) is 5.28. The second kappa shape index (κ2) is 7.13. The van der Waals surface area contributed by atoms with Crippen molar-refractivity contribution in [3.05, 3.63) is 70.9 Å². The van der Waals surface area contributed by atoms with Crippen LogP contribution >= 0.6 is 0 Å². The third-order valence-corrected chi connectivity index (χ3v) is 5.28. The highest BCUT2D eigenvalue weighted by Gasteiger charge is 2.42. The zero-order valence-corrected chi connectivity index (χ0v) is 15.9. The van der Waals surface area contributed by atoms with E-state index in [-0.39, 0.29) is 30.9 Å². The number of amides is 1. The molecule has 0 saturated heterocycles. The second-order valence-electron chi connectivity index (χ2n) is 7.32. The number of phenolic OH excluding ortho intramolecular Hbond substituents is 1. The molecule has 1 aliphatic heterocycles. The Morgan fingerprint density at radius 1 is 1.14 bits per heavy atom. The molecule has 28 heavy (non-hydrogen) atoms. The van der Waals surface area contributed by atoms with Crippen LogP contribution < -0.4 is 0 Å². The van der Waals surface area contributed by atoms with Crippen molar-refractivity contribution in [2.45, 2.75) is 25.8 Å². The lowest BCUT2D eigenvalue weighted by atomic mass is 9.93. The number of H-pyrrole nitrogens is 1. The number of carbonyl (C=O) groups excluding carboxylic acids is 1. The van der Waals surface area contributed by atoms with Crippen LogP contribution in [0.3, 0.4) is 0 Å². The highest BCUT2D eigenvalue weighted by atomic mass is 16.3. The van der Waals surface area contributed by atoms with Crippen LogP contribution in [0, 0.1) is 0 Å². The fourth-order valence-electron chi connectivity index (χ4n) is 3.82. The Hall–Kier alpha value is -3.12. The van der Waals surface area contributed by atoms with E-state index >= 15 is 0 Å². The van der Waals surface area contributed by atoms with Gasteiger partial charge in [-0.2, -0.15) is 5.10 Å². The van der Waals surface area contributed by atoms with Crippen molar-refractivity contribution < 1.29 is 15.0 Å². The first-order chi connectivity index (χ1) is 13.5. The summed E-state index contributed by atoms with van der Waals surface area (Å²) in [5, 5.41) is 27.0. The van der Waals surface area contributed by atoms with Gasteiger partial charge in [0.25, 0.3) is 5.91 Å². The molecule has 1 aliphatic rings. The van der Waals surface area contributed by atoms with Gasteiger partial charge in [-0.25, -0.2) is 0 Å². The molecule has 3 N–H and O–H groups in total. The summed E-state index contributed by atoms with van der Waals surface area (Å²) in [7, 11) is 0. The molecule has 0 spiro atoms. The highest BCUT2D eigenvalue weighted by Crippen LogP contribution is 2.44. The van der Waals surface area contributed by atoms with Gasteiger partial charge in [-0.1, -0.05) is 50.2 Å². The molecule has 6 heteroatoms. The van der Waals surface area contributed by atoms with Gasteiger partial charge in [-0.3, -0.25) is 9.89 Å². The van der Waals surface area contributed by atoms with E-state index in [9.17, 15) is 15.0 Å². The number of para-hydroxylation sites is 1. The van der Waals surface area contributed by atoms with Gasteiger partial charge in [0.05, 0.1) is 12.6 Å². The quantitative estimate of drug-likeness (QED) is 0.635. The summed E-state index contributed by atoms with van der Waals surface area (Å²) in [6, 6.07) is 14.8. The Kier molecular flexibility index (Phi) is 4.65. The molecular formula is C22H23N3O3. The van der Waals surface area contributed by atoms with E-state index in [1.54, 1.807) is 23.1 Å². The molecule has 3 aromatic rings. The molecule has 0 radical (unpaired) electrons. The minimum Gasteiger partial charge on any atom is -0.507 e. The molecule has 0 bridgehead atoms. The predicted molar refractivity (Wildman–Crippen MR) is 106 cm³/mol. The molecule has 1 amide bonds. The lowest BCUT2D eigenvalue weighted by Gasteiger charge is -2.26. The summed E-state index contributed by atoms with van der Waals surface area (Å²) in [4.78, 5) is 14.6. The summed E-state index contributed by atoms with van der Waals surface area (Å²) in [6.45, 7) is 4.36. The fourth-order valence-corrected chi connectivity index (χ4v) is 3.82. The van der Waals surface area contributed by atoms with Gasteiger partial charge in [-0.05, 0) is 29.2 Å². The van der Waals surface area contributed by atoms with E-state index in [0.29, 0.717) is 22.9 Å². The number of rotatable bonds is 5. The van der Waals surface area contributed by atoms with Gasteiger partial charge in [0, 0.05) is 17.7 Å². The molecule has 2 aromatic carbocycles. The third kappa shape index (κ3) is 2.86. The maximum Gasteiger partial charge on any atom is 0.273 e. The van der Waals surface area contributed by atoms with Crippen molar-refractivity contribution >= 4 is 5.91 Å². The molecule has 2 heterocycles. The van der Waals surface area contributed by atoms with E-state index in [2.05, 4.69) is 36.2 Å². The number of aromatic amines is 1.